The number of carbonyl (C=O) groups excluding carboxylic acids is 2. The van der Waals surface area contributed by atoms with E-state index in [0.29, 0.717) is 19.4 Å². The molecule has 1 amide bonds. The minimum absolute atomic E-state index is 0.0151. The van der Waals surface area contributed by atoms with Crippen molar-refractivity contribution in [3.63, 3.8) is 0 Å². The van der Waals surface area contributed by atoms with Crippen LogP contribution in [-0.2, 0) is 23.8 Å². The number of unbranched alkanes of at least 4 members (excludes halogenated alkanes) is 33. The first-order chi connectivity index (χ1) is 31.7. The molecule has 0 spiro atoms. The first kappa shape index (κ1) is 61.4. The zero-order valence-corrected chi connectivity index (χ0v) is 42.0. The molecule has 1 heterocycles. The molecule has 384 valence electrons. The highest BCUT2D eigenvalue weighted by Crippen LogP contribution is 2.23. The Balaban J connectivity index is 2.10. The number of amides is 1. The Hall–Kier alpha value is -1.60. The third-order valence-corrected chi connectivity index (χ3v) is 13.2. The van der Waals surface area contributed by atoms with Gasteiger partial charge in [0.25, 0.3) is 0 Å². The molecule has 11 nitrogen and oxygen atoms in total. The molecule has 1 fully saturated rings. The second kappa shape index (κ2) is 44.9. The van der Waals surface area contributed by atoms with Gasteiger partial charge in [-0.15, -0.1) is 0 Å². The number of carbonyl (C=O) groups is 2. The van der Waals surface area contributed by atoms with E-state index in [9.17, 15) is 35.1 Å². The van der Waals surface area contributed by atoms with Crippen molar-refractivity contribution >= 4 is 11.9 Å². The van der Waals surface area contributed by atoms with Gasteiger partial charge in [0.1, 0.15) is 24.4 Å². The number of ether oxygens (including phenoxy) is 3. The molecule has 0 radical (unpaired) electrons. The number of hydrogen-bond acceptors (Lipinski definition) is 10. The van der Waals surface area contributed by atoms with E-state index in [1.54, 1.807) is 6.08 Å². The number of allylic oxidation sites excluding steroid dienone is 1. The third-order valence-electron chi connectivity index (χ3n) is 13.2. The highest BCUT2D eigenvalue weighted by atomic mass is 16.7. The van der Waals surface area contributed by atoms with Crippen LogP contribution in [0.3, 0.4) is 0 Å². The van der Waals surface area contributed by atoms with Crippen molar-refractivity contribution < 1.29 is 49.3 Å². The number of esters is 1. The van der Waals surface area contributed by atoms with E-state index >= 15 is 0 Å². The molecule has 0 bridgehead atoms. The van der Waals surface area contributed by atoms with Crippen molar-refractivity contribution in [2.24, 2.45) is 0 Å². The summed E-state index contributed by atoms with van der Waals surface area (Å²) >= 11 is 0. The zero-order valence-electron chi connectivity index (χ0n) is 42.0. The molecule has 65 heavy (non-hydrogen) atoms. The smallest absolute Gasteiger partial charge is 0.305 e. The first-order valence-electron chi connectivity index (χ1n) is 27.5. The van der Waals surface area contributed by atoms with E-state index in [1.165, 1.54) is 161 Å². The Morgan fingerprint density at radius 3 is 1.43 bits per heavy atom. The van der Waals surface area contributed by atoms with Crippen molar-refractivity contribution in [1.82, 2.24) is 5.32 Å². The van der Waals surface area contributed by atoms with Gasteiger partial charge in [0.2, 0.25) is 5.91 Å². The van der Waals surface area contributed by atoms with Crippen molar-refractivity contribution in [2.75, 3.05) is 19.8 Å². The van der Waals surface area contributed by atoms with E-state index in [-0.39, 0.29) is 18.5 Å². The standard InChI is InChI=1S/C54H103NO10/c1-3-5-7-9-11-13-21-26-30-34-38-42-50(59)63-43-39-35-31-27-23-20-18-16-15-17-19-22-25-29-33-37-41-49(58)55-46(45-64-54-53(62)52(61)51(60)48(44-56)65-54)47(57)40-36-32-28-24-14-12-10-8-6-4-2/h36,40,46-48,51-54,56-57,60-62H,3-35,37-39,41-45H2,1-2H3,(H,55,58)/b40-36+. The number of hydrogen-bond donors (Lipinski definition) is 6. The largest absolute Gasteiger partial charge is 0.466 e. The van der Waals surface area contributed by atoms with Gasteiger partial charge in [-0.1, -0.05) is 225 Å². The van der Waals surface area contributed by atoms with Gasteiger partial charge in [-0.2, -0.15) is 0 Å². The van der Waals surface area contributed by atoms with Gasteiger partial charge >= 0.3 is 5.97 Å². The van der Waals surface area contributed by atoms with E-state index in [0.717, 1.165) is 70.6 Å². The predicted octanol–water partition coefficient (Wildman–Crippen LogP) is 11.6. The van der Waals surface area contributed by atoms with E-state index in [1.807, 2.05) is 6.08 Å². The maximum absolute atomic E-state index is 13.0. The predicted molar refractivity (Wildman–Crippen MR) is 265 cm³/mol. The minimum atomic E-state index is -1.57. The molecule has 0 aliphatic carbocycles. The number of aliphatic hydroxyl groups is 5. The fraction of sp³-hybridized carbons (Fsp3) is 0.926. The summed E-state index contributed by atoms with van der Waals surface area (Å²) in [5.74, 6) is -0.204. The van der Waals surface area contributed by atoms with Gasteiger partial charge in [0.05, 0.1) is 32.0 Å². The first-order valence-corrected chi connectivity index (χ1v) is 27.5. The molecule has 6 N–H and O–H groups in total. The summed E-state index contributed by atoms with van der Waals surface area (Å²) in [5.41, 5.74) is 0. The molecule has 7 unspecified atom stereocenters. The van der Waals surface area contributed by atoms with Crippen LogP contribution in [-0.4, -0.2) is 100 Å². The quantitative estimate of drug-likeness (QED) is 0.0196. The van der Waals surface area contributed by atoms with Gasteiger partial charge in [-0.25, -0.2) is 0 Å². The average Bonchev–Trinajstić information content (AvgIpc) is 3.30. The van der Waals surface area contributed by atoms with Crippen LogP contribution >= 0.6 is 0 Å². The maximum Gasteiger partial charge on any atom is 0.305 e. The summed E-state index contributed by atoms with van der Waals surface area (Å²) in [6.07, 6.45) is 40.1. The lowest BCUT2D eigenvalue weighted by molar-refractivity contribution is -0.302. The third kappa shape index (κ3) is 35.2. The molecular formula is C54H103NO10. The van der Waals surface area contributed by atoms with Gasteiger partial charge in [0.15, 0.2) is 6.29 Å². The summed E-state index contributed by atoms with van der Waals surface area (Å²) in [5, 5.41) is 54.2. The lowest BCUT2D eigenvalue weighted by Gasteiger charge is -2.40. The topological polar surface area (TPSA) is 175 Å². The van der Waals surface area contributed by atoms with E-state index < -0.39 is 49.5 Å². The van der Waals surface area contributed by atoms with Crippen molar-refractivity contribution in [2.45, 2.75) is 301 Å². The summed E-state index contributed by atoms with van der Waals surface area (Å²) in [6.45, 7) is 4.30. The van der Waals surface area contributed by atoms with Crippen LogP contribution < -0.4 is 5.32 Å². The van der Waals surface area contributed by atoms with Crippen molar-refractivity contribution in [3.05, 3.63) is 12.2 Å². The fourth-order valence-corrected chi connectivity index (χ4v) is 8.73. The Bertz CT molecular complexity index is 1090. The second-order valence-corrected chi connectivity index (χ2v) is 19.3. The van der Waals surface area contributed by atoms with Gasteiger partial charge in [-0.05, 0) is 32.1 Å². The number of aliphatic hydroxyl groups excluding tert-OH is 5. The molecule has 0 aromatic carbocycles. The van der Waals surface area contributed by atoms with Crippen LogP contribution in [0.15, 0.2) is 12.2 Å². The van der Waals surface area contributed by atoms with Gasteiger partial charge in [-0.3, -0.25) is 9.59 Å². The molecule has 11 heteroatoms. The molecule has 7 atom stereocenters. The summed E-state index contributed by atoms with van der Waals surface area (Å²) < 4.78 is 16.7. The Labute approximate surface area is 398 Å². The summed E-state index contributed by atoms with van der Waals surface area (Å²) in [4.78, 5) is 25.0. The maximum atomic E-state index is 13.0. The highest BCUT2D eigenvalue weighted by molar-refractivity contribution is 5.76. The molecule has 0 aromatic rings. The lowest BCUT2D eigenvalue weighted by Crippen LogP contribution is -2.60. The van der Waals surface area contributed by atoms with Crippen LogP contribution in [0.1, 0.15) is 258 Å². The second-order valence-electron chi connectivity index (χ2n) is 19.3. The van der Waals surface area contributed by atoms with Gasteiger partial charge in [0, 0.05) is 12.8 Å². The summed E-state index contributed by atoms with van der Waals surface area (Å²) in [6, 6.07) is -0.812. The van der Waals surface area contributed by atoms with Crippen LogP contribution in [0.4, 0.5) is 0 Å². The molecule has 1 saturated heterocycles. The lowest BCUT2D eigenvalue weighted by atomic mass is 9.99. The minimum Gasteiger partial charge on any atom is -0.466 e. The Kier molecular flexibility index (Phi) is 42.4. The SMILES string of the molecule is CCCCCCCCCC/C=C/C(O)C(COC1OC(CO)C(O)C(O)C1O)NC(=O)CCCCCCCCCCCCCCCCCCOC(=O)CCCCCCCCCCCCC. The molecular weight excluding hydrogens is 823 g/mol. The Morgan fingerprint density at radius 2 is 0.969 bits per heavy atom. The molecule has 0 saturated carbocycles. The van der Waals surface area contributed by atoms with E-state index in [2.05, 4.69) is 19.2 Å². The summed E-state index contributed by atoms with van der Waals surface area (Å²) in [7, 11) is 0. The van der Waals surface area contributed by atoms with Crippen molar-refractivity contribution in [3.8, 4) is 0 Å². The normalized spacial score (nSPS) is 19.8. The van der Waals surface area contributed by atoms with Crippen LogP contribution in [0, 0.1) is 0 Å². The van der Waals surface area contributed by atoms with Crippen LogP contribution in [0.2, 0.25) is 0 Å². The number of rotatable bonds is 47. The zero-order chi connectivity index (χ0) is 47.4. The fourth-order valence-electron chi connectivity index (χ4n) is 8.73. The van der Waals surface area contributed by atoms with Crippen LogP contribution in [0.5, 0.6) is 0 Å². The molecule has 1 aliphatic rings. The number of nitrogens with one attached hydrogen (secondary N) is 1. The Morgan fingerprint density at radius 1 is 0.554 bits per heavy atom. The van der Waals surface area contributed by atoms with Crippen LogP contribution in [0.25, 0.3) is 0 Å². The molecule has 1 aliphatic heterocycles. The average molecular weight is 926 g/mol. The van der Waals surface area contributed by atoms with Gasteiger partial charge < -0.3 is 45.1 Å². The van der Waals surface area contributed by atoms with E-state index in [4.69, 9.17) is 14.2 Å². The molecule has 0 aromatic heterocycles. The highest BCUT2D eigenvalue weighted by Gasteiger charge is 2.44. The monoisotopic (exact) mass is 926 g/mol. The molecule has 1 rings (SSSR count). The van der Waals surface area contributed by atoms with Crippen molar-refractivity contribution in [1.29, 1.82) is 0 Å².